The molecule has 2 aromatic carbocycles. The summed E-state index contributed by atoms with van der Waals surface area (Å²) in [5.41, 5.74) is 3.69. The average Bonchev–Trinajstić information content (AvgIpc) is 3.45. The van der Waals surface area contributed by atoms with Gasteiger partial charge in [-0.25, -0.2) is 9.79 Å². The number of nitrogens with zero attached hydrogens (tertiary/aromatic N) is 3. The van der Waals surface area contributed by atoms with E-state index in [0.717, 1.165) is 49.7 Å². The topological polar surface area (TPSA) is 102 Å². The number of thioether (sulfide) groups is 1. The Hall–Kier alpha value is -3.80. The van der Waals surface area contributed by atoms with Crippen molar-refractivity contribution in [2.45, 2.75) is 32.4 Å². The Labute approximate surface area is 256 Å². The van der Waals surface area contributed by atoms with Crippen molar-refractivity contribution >= 4 is 28.8 Å². The quantitative estimate of drug-likeness (QED) is 0.356. The lowest BCUT2D eigenvalue weighted by Gasteiger charge is -2.36. The van der Waals surface area contributed by atoms with Gasteiger partial charge in [-0.1, -0.05) is 55.1 Å². The smallest absolute Gasteiger partial charge is 0.338 e. The molecule has 10 nitrogen and oxygen atoms in total. The standard InChI is InChI=1S/C32H38N4O6S/c1-4-25-29(31(38)40-3)30(23-10-11-26(27(18-23)39-2)42-20-22-8-6-5-7-9-22)36-24(21-43-32(36)34-25)19-28(37)33-12-13-35-14-16-41-17-15-35/h5-11,18,21,30H,4,12-17,19-20H2,1-3H3,(H,33,37). The number of nitrogens with one attached hydrogen (secondary N) is 1. The highest BCUT2D eigenvalue weighted by atomic mass is 32.2. The zero-order valence-corrected chi connectivity index (χ0v) is 25.7. The van der Waals surface area contributed by atoms with Crippen LogP contribution in [0.3, 0.4) is 0 Å². The average molecular weight is 607 g/mol. The number of allylic oxidation sites excluding steroid dienone is 1. The lowest BCUT2D eigenvalue weighted by molar-refractivity contribution is -0.136. The first-order valence-electron chi connectivity index (χ1n) is 14.5. The number of aliphatic imine (C=N–C) groups is 1. The summed E-state index contributed by atoms with van der Waals surface area (Å²) in [6.07, 6.45) is 0.697. The summed E-state index contributed by atoms with van der Waals surface area (Å²) < 4.78 is 22.5. The minimum absolute atomic E-state index is 0.0905. The van der Waals surface area contributed by atoms with E-state index in [1.165, 1.54) is 18.9 Å². The monoisotopic (exact) mass is 606 g/mol. The first kappa shape index (κ1) is 30.7. The Kier molecular flexibility index (Phi) is 10.4. The summed E-state index contributed by atoms with van der Waals surface area (Å²) >= 11 is 1.45. The molecule has 0 aromatic heterocycles. The van der Waals surface area contributed by atoms with Crippen molar-refractivity contribution in [3.8, 4) is 11.5 Å². The van der Waals surface area contributed by atoms with E-state index in [1.807, 2.05) is 65.8 Å². The number of ether oxygens (including phenoxy) is 4. The highest BCUT2D eigenvalue weighted by Crippen LogP contribution is 2.46. The van der Waals surface area contributed by atoms with Crippen LogP contribution < -0.4 is 14.8 Å². The van der Waals surface area contributed by atoms with Crippen LogP contribution in [0.1, 0.15) is 36.9 Å². The second kappa shape index (κ2) is 14.6. The van der Waals surface area contributed by atoms with Crippen LogP contribution in [-0.2, 0) is 25.7 Å². The van der Waals surface area contributed by atoms with Gasteiger partial charge in [0.1, 0.15) is 6.61 Å². The van der Waals surface area contributed by atoms with E-state index in [1.54, 1.807) is 7.11 Å². The number of amides is 1. The predicted molar refractivity (Wildman–Crippen MR) is 166 cm³/mol. The highest BCUT2D eigenvalue weighted by Gasteiger charge is 2.41. The van der Waals surface area contributed by atoms with Gasteiger partial charge >= 0.3 is 5.97 Å². The number of carbonyl (C=O) groups excluding carboxylic acids is 2. The SMILES string of the molecule is CCC1=C(C(=O)OC)C(c2ccc(OCc3ccccc3)c(OC)c2)N2C(CC(=O)NCCN3CCOCC3)=CSC2=N1. The van der Waals surface area contributed by atoms with Gasteiger partial charge in [0.25, 0.3) is 0 Å². The predicted octanol–water partition coefficient (Wildman–Crippen LogP) is 4.25. The summed E-state index contributed by atoms with van der Waals surface area (Å²) in [7, 11) is 2.96. The third kappa shape index (κ3) is 7.23. The van der Waals surface area contributed by atoms with Crippen LogP contribution in [0.4, 0.5) is 0 Å². The van der Waals surface area contributed by atoms with Crippen molar-refractivity contribution in [2.24, 2.45) is 4.99 Å². The van der Waals surface area contributed by atoms with E-state index in [4.69, 9.17) is 23.9 Å². The highest BCUT2D eigenvalue weighted by molar-refractivity contribution is 8.16. The molecule has 1 N–H and O–H groups in total. The number of methoxy groups -OCH3 is 2. The van der Waals surface area contributed by atoms with Crippen molar-refractivity contribution in [1.29, 1.82) is 0 Å². The second-order valence-corrected chi connectivity index (χ2v) is 11.1. The van der Waals surface area contributed by atoms with Crippen LogP contribution >= 0.6 is 11.8 Å². The first-order valence-corrected chi connectivity index (χ1v) is 15.4. The number of fused-ring (bicyclic) bond motifs is 1. The molecule has 2 aromatic rings. The minimum Gasteiger partial charge on any atom is -0.493 e. The van der Waals surface area contributed by atoms with Gasteiger partial charge in [-0.2, -0.15) is 0 Å². The molecular weight excluding hydrogens is 568 g/mol. The van der Waals surface area contributed by atoms with Gasteiger partial charge in [0.2, 0.25) is 5.91 Å². The van der Waals surface area contributed by atoms with Crippen LogP contribution in [0.25, 0.3) is 0 Å². The Balaban J connectivity index is 1.39. The van der Waals surface area contributed by atoms with E-state index in [0.29, 0.717) is 47.5 Å². The van der Waals surface area contributed by atoms with Crippen LogP contribution in [-0.4, -0.2) is 80.5 Å². The van der Waals surface area contributed by atoms with Gasteiger partial charge in [0.15, 0.2) is 16.7 Å². The van der Waals surface area contributed by atoms with E-state index in [-0.39, 0.29) is 12.3 Å². The zero-order valence-electron chi connectivity index (χ0n) is 24.8. The maximum absolute atomic E-state index is 13.3. The zero-order chi connectivity index (χ0) is 30.2. The van der Waals surface area contributed by atoms with Crippen LogP contribution in [0.2, 0.25) is 0 Å². The van der Waals surface area contributed by atoms with Crippen LogP contribution in [0, 0.1) is 0 Å². The third-order valence-corrected chi connectivity index (χ3v) is 8.45. The van der Waals surface area contributed by atoms with E-state index < -0.39 is 12.0 Å². The van der Waals surface area contributed by atoms with Crippen molar-refractivity contribution in [1.82, 2.24) is 15.1 Å². The molecule has 228 valence electrons. The number of esters is 1. The van der Waals surface area contributed by atoms with Gasteiger partial charge in [-0.3, -0.25) is 9.69 Å². The van der Waals surface area contributed by atoms with Crippen molar-refractivity contribution in [2.75, 3.05) is 53.6 Å². The maximum atomic E-state index is 13.3. The van der Waals surface area contributed by atoms with Crippen molar-refractivity contribution in [3.63, 3.8) is 0 Å². The van der Waals surface area contributed by atoms with Crippen molar-refractivity contribution in [3.05, 3.63) is 82.0 Å². The van der Waals surface area contributed by atoms with Gasteiger partial charge in [-0.05, 0) is 35.1 Å². The fourth-order valence-corrected chi connectivity index (χ4v) is 6.28. The fourth-order valence-electron chi connectivity index (χ4n) is 5.34. The molecule has 11 heteroatoms. The number of carbonyl (C=O) groups is 2. The molecule has 43 heavy (non-hydrogen) atoms. The summed E-state index contributed by atoms with van der Waals surface area (Å²) in [4.78, 5) is 35.4. The van der Waals surface area contributed by atoms with E-state index in [2.05, 4.69) is 10.2 Å². The lowest BCUT2D eigenvalue weighted by atomic mass is 9.92. The van der Waals surface area contributed by atoms with Gasteiger partial charge in [0, 0.05) is 31.9 Å². The number of amidine groups is 1. The summed E-state index contributed by atoms with van der Waals surface area (Å²) in [5.74, 6) is 0.579. The number of rotatable bonds is 12. The number of hydrogen-bond acceptors (Lipinski definition) is 10. The molecule has 3 heterocycles. The largest absolute Gasteiger partial charge is 0.493 e. The van der Waals surface area contributed by atoms with Gasteiger partial charge in [0.05, 0.1) is 51.2 Å². The molecule has 0 saturated carbocycles. The molecular formula is C32H38N4O6S. The second-order valence-electron chi connectivity index (χ2n) is 10.3. The van der Waals surface area contributed by atoms with Gasteiger partial charge in [-0.15, -0.1) is 0 Å². The first-order chi connectivity index (χ1) is 21.0. The molecule has 1 fully saturated rings. The number of benzene rings is 2. The van der Waals surface area contributed by atoms with Crippen LogP contribution in [0.15, 0.2) is 75.9 Å². The van der Waals surface area contributed by atoms with Crippen molar-refractivity contribution < 1.29 is 28.5 Å². The summed E-state index contributed by atoms with van der Waals surface area (Å²) in [6.45, 7) is 6.86. The molecule has 0 aliphatic carbocycles. The van der Waals surface area contributed by atoms with E-state index in [9.17, 15) is 9.59 Å². The molecule has 3 aliphatic heterocycles. The molecule has 0 radical (unpaired) electrons. The molecule has 0 spiro atoms. The molecule has 1 amide bonds. The fraction of sp³-hybridized carbons (Fsp3) is 0.406. The maximum Gasteiger partial charge on any atom is 0.338 e. The summed E-state index contributed by atoms with van der Waals surface area (Å²) in [5, 5.41) is 5.70. The Morgan fingerprint density at radius 3 is 2.60 bits per heavy atom. The molecule has 1 unspecified atom stereocenters. The third-order valence-electron chi connectivity index (χ3n) is 7.57. The molecule has 1 saturated heterocycles. The Bertz CT molecular complexity index is 1400. The molecule has 5 rings (SSSR count). The summed E-state index contributed by atoms with van der Waals surface area (Å²) in [6, 6.07) is 15.0. The molecule has 3 aliphatic rings. The van der Waals surface area contributed by atoms with E-state index >= 15 is 0 Å². The number of morpholine rings is 1. The normalized spacial score (nSPS) is 18.5. The lowest BCUT2D eigenvalue weighted by Crippen LogP contribution is -2.42. The Morgan fingerprint density at radius 1 is 1.09 bits per heavy atom. The van der Waals surface area contributed by atoms with Crippen LogP contribution in [0.5, 0.6) is 11.5 Å². The number of hydrogen-bond donors (Lipinski definition) is 1. The Morgan fingerprint density at radius 2 is 1.88 bits per heavy atom. The minimum atomic E-state index is -0.561. The van der Waals surface area contributed by atoms with Gasteiger partial charge < -0.3 is 29.2 Å². The molecule has 0 bridgehead atoms. The molecule has 1 atom stereocenters.